The molecule has 2 heterocycles. The van der Waals surface area contributed by atoms with Crippen molar-refractivity contribution in [3.63, 3.8) is 0 Å². The maximum atomic E-state index is 14.0. The molecule has 0 unspecified atom stereocenters. The molecule has 0 saturated carbocycles. The first kappa shape index (κ1) is 21.7. The number of likely N-dealkylation sites (tertiary alicyclic amines) is 1. The Labute approximate surface area is 179 Å². The Balaban J connectivity index is 1.56. The number of carbonyl (C=O) groups is 1. The first-order chi connectivity index (χ1) is 13.6. The van der Waals surface area contributed by atoms with Gasteiger partial charge in [-0.2, -0.15) is 0 Å². The number of aromatic nitrogens is 2. The van der Waals surface area contributed by atoms with Gasteiger partial charge in [0, 0.05) is 42.7 Å². The summed E-state index contributed by atoms with van der Waals surface area (Å²) in [6.07, 6.45) is 2.47. The third-order valence-corrected chi connectivity index (χ3v) is 4.90. The Hall–Kier alpha value is -1.99. The molecule has 1 aliphatic rings. The van der Waals surface area contributed by atoms with Gasteiger partial charge in [0.15, 0.2) is 0 Å². The number of hydrogen-bond acceptors (Lipinski definition) is 4. The molecule has 1 saturated heterocycles. The van der Waals surface area contributed by atoms with Crippen LogP contribution in [0.2, 0.25) is 10.0 Å². The van der Waals surface area contributed by atoms with Gasteiger partial charge in [-0.3, -0.25) is 4.68 Å². The summed E-state index contributed by atoms with van der Waals surface area (Å²) < 4.78 is 26.8. The number of piperidine rings is 1. The second kappa shape index (κ2) is 8.79. The van der Waals surface area contributed by atoms with E-state index in [1.165, 1.54) is 10.7 Å². The van der Waals surface area contributed by atoms with Crippen LogP contribution >= 0.6 is 23.2 Å². The summed E-state index contributed by atoms with van der Waals surface area (Å²) >= 11 is 12.0. The lowest BCUT2D eigenvalue weighted by Gasteiger charge is -2.33. The molecule has 0 bridgehead atoms. The van der Waals surface area contributed by atoms with Gasteiger partial charge in [-0.15, -0.1) is 5.10 Å². The first-order valence-corrected chi connectivity index (χ1v) is 10.2. The predicted octanol–water partition coefficient (Wildman–Crippen LogP) is 5.16. The number of hydrogen-bond donors (Lipinski definition) is 0. The van der Waals surface area contributed by atoms with Crippen molar-refractivity contribution in [2.45, 2.75) is 51.9 Å². The fourth-order valence-electron chi connectivity index (χ4n) is 3.01. The molecule has 0 aliphatic carbocycles. The number of halogens is 3. The molecule has 1 aromatic heterocycles. The Kier molecular flexibility index (Phi) is 6.58. The van der Waals surface area contributed by atoms with Gasteiger partial charge in [0.1, 0.15) is 22.5 Å². The molecule has 2 aromatic rings. The number of benzene rings is 1. The summed E-state index contributed by atoms with van der Waals surface area (Å²) in [6.45, 7) is 6.81. The number of nitrogens with zero attached hydrogens (tertiary/aromatic N) is 3. The molecule has 1 amide bonds. The monoisotopic (exact) mass is 443 g/mol. The average molecular weight is 444 g/mol. The van der Waals surface area contributed by atoms with E-state index in [0.29, 0.717) is 47.4 Å². The third-order valence-electron chi connectivity index (χ3n) is 4.41. The SMILES string of the molecule is CC(C)(C)OC(=O)N1CCC(Oc2nn(Cc3ccc(Cl)cc3F)cc2Cl)CC1. The fraction of sp³-hybridized carbons (Fsp3) is 0.500. The van der Waals surface area contributed by atoms with Crippen LogP contribution < -0.4 is 4.74 Å². The number of carbonyl (C=O) groups excluding carboxylic acids is 1. The average Bonchev–Trinajstić information content (AvgIpc) is 2.96. The van der Waals surface area contributed by atoms with Crippen LogP contribution in [-0.4, -0.2) is 45.6 Å². The highest BCUT2D eigenvalue weighted by Crippen LogP contribution is 2.27. The Morgan fingerprint density at radius 2 is 1.97 bits per heavy atom. The molecular weight excluding hydrogens is 420 g/mol. The fourth-order valence-corrected chi connectivity index (χ4v) is 3.36. The molecule has 0 atom stereocenters. The predicted molar refractivity (Wildman–Crippen MR) is 109 cm³/mol. The highest BCUT2D eigenvalue weighted by Gasteiger charge is 2.28. The highest BCUT2D eigenvalue weighted by molar-refractivity contribution is 6.31. The summed E-state index contributed by atoms with van der Waals surface area (Å²) in [5.41, 5.74) is -0.0697. The standard InChI is InChI=1S/C20H24Cl2FN3O3/c1-20(2,3)29-19(27)25-8-6-15(7-9-25)28-18-16(22)12-26(24-18)11-13-4-5-14(21)10-17(13)23/h4-5,10,12,15H,6-9,11H2,1-3H3. The van der Waals surface area contributed by atoms with Gasteiger partial charge in [0.05, 0.1) is 6.54 Å². The topological polar surface area (TPSA) is 56.6 Å². The maximum Gasteiger partial charge on any atom is 0.410 e. The Morgan fingerprint density at radius 3 is 2.59 bits per heavy atom. The van der Waals surface area contributed by atoms with Crippen LogP contribution in [0.4, 0.5) is 9.18 Å². The van der Waals surface area contributed by atoms with E-state index < -0.39 is 11.4 Å². The zero-order valence-electron chi connectivity index (χ0n) is 16.6. The van der Waals surface area contributed by atoms with Crippen LogP contribution in [0.25, 0.3) is 0 Å². The van der Waals surface area contributed by atoms with Gasteiger partial charge in [-0.05, 0) is 32.9 Å². The quantitative estimate of drug-likeness (QED) is 0.654. The molecule has 9 heteroatoms. The van der Waals surface area contributed by atoms with Crippen LogP contribution in [0.3, 0.4) is 0 Å². The van der Waals surface area contributed by atoms with Crippen molar-refractivity contribution in [1.29, 1.82) is 0 Å². The van der Waals surface area contributed by atoms with E-state index >= 15 is 0 Å². The lowest BCUT2D eigenvalue weighted by atomic mass is 10.1. The van der Waals surface area contributed by atoms with Crippen molar-refractivity contribution in [2.75, 3.05) is 13.1 Å². The van der Waals surface area contributed by atoms with Crippen molar-refractivity contribution in [1.82, 2.24) is 14.7 Å². The molecule has 0 radical (unpaired) electrons. The third kappa shape index (κ3) is 6.00. The lowest BCUT2D eigenvalue weighted by Crippen LogP contribution is -2.44. The smallest absolute Gasteiger partial charge is 0.410 e. The summed E-state index contributed by atoms with van der Waals surface area (Å²) in [5.74, 6) is -0.0992. The molecule has 0 spiro atoms. The van der Waals surface area contributed by atoms with Crippen LogP contribution in [0.15, 0.2) is 24.4 Å². The molecule has 1 aliphatic heterocycles. The number of rotatable bonds is 4. The molecule has 3 rings (SSSR count). The first-order valence-electron chi connectivity index (χ1n) is 9.42. The molecule has 6 nitrogen and oxygen atoms in total. The maximum absolute atomic E-state index is 14.0. The van der Waals surface area contributed by atoms with Gasteiger partial charge in [-0.25, -0.2) is 9.18 Å². The van der Waals surface area contributed by atoms with E-state index in [0.717, 1.165) is 0 Å². The zero-order valence-corrected chi connectivity index (χ0v) is 18.1. The minimum absolute atomic E-state index is 0.109. The molecule has 158 valence electrons. The van der Waals surface area contributed by atoms with E-state index in [4.69, 9.17) is 32.7 Å². The lowest BCUT2D eigenvalue weighted by molar-refractivity contribution is 0.0122. The van der Waals surface area contributed by atoms with E-state index in [2.05, 4.69) is 5.10 Å². The summed E-state index contributed by atoms with van der Waals surface area (Å²) in [5, 5.41) is 5.02. The van der Waals surface area contributed by atoms with Gasteiger partial charge < -0.3 is 14.4 Å². The van der Waals surface area contributed by atoms with Crippen molar-refractivity contribution in [2.24, 2.45) is 0 Å². The van der Waals surface area contributed by atoms with Gasteiger partial charge in [-0.1, -0.05) is 29.3 Å². The van der Waals surface area contributed by atoms with Gasteiger partial charge in [0.25, 0.3) is 5.88 Å². The Bertz CT molecular complexity index is 874. The summed E-state index contributed by atoms with van der Waals surface area (Å²) in [4.78, 5) is 13.8. The summed E-state index contributed by atoms with van der Waals surface area (Å²) in [7, 11) is 0. The molecule has 0 N–H and O–H groups in total. The van der Waals surface area contributed by atoms with Crippen molar-refractivity contribution in [3.8, 4) is 5.88 Å². The minimum Gasteiger partial charge on any atom is -0.472 e. The molecular formula is C20H24Cl2FN3O3. The minimum atomic E-state index is -0.519. The van der Waals surface area contributed by atoms with Gasteiger partial charge >= 0.3 is 6.09 Å². The van der Waals surface area contributed by atoms with Crippen LogP contribution in [0.5, 0.6) is 5.88 Å². The van der Waals surface area contributed by atoms with E-state index in [9.17, 15) is 9.18 Å². The largest absolute Gasteiger partial charge is 0.472 e. The normalized spacial score (nSPS) is 15.4. The van der Waals surface area contributed by atoms with Crippen molar-refractivity contribution in [3.05, 3.63) is 45.8 Å². The Morgan fingerprint density at radius 1 is 1.28 bits per heavy atom. The highest BCUT2D eigenvalue weighted by atomic mass is 35.5. The van der Waals surface area contributed by atoms with Crippen molar-refractivity contribution >= 4 is 29.3 Å². The molecule has 1 fully saturated rings. The summed E-state index contributed by atoms with van der Waals surface area (Å²) in [6, 6.07) is 4.50. The van der Waals surface area contributed by atoms with E-state index in [-0.39, 0.29) is 18.7 Å². The second-order valence-electron chi connectivity index (χ2n) is 8.00. The van der Waals surface area contributed by atoms with Crippen LogP contribution in [0.1, 0.15) is 39.2 Å². The molecule has 29 heavy (non-hydrogen) atoms. The van der Waals surface area contributed by atoms with Gasteiger partial charge in [0.2, 0.25) is 0 Å². The number of amides is 1. The van der Waals surface area contributed by atoms with Crippen molar-refractivity contribution < 1.29 is 18.7 Å². The van der Waals surface area contributed by atoms with E-state index in [1.54, 1.807) is 23.2 Å². The van der Waals surface area contributed by atoms with Crippen LogP contribution in [-0.2, 0) is 11.3 Å². The molecule has 1 aromatic carbocycles. The van der Waals surface area contributed by atoms with E-state index in [1.807, 2.05) is 20.8 Å². The number of ether oxygens (including phenoxy) is 2. The second-order valence-corrected chi connectivity index (χ2v) is 8.84. The van der Waals surface area contributed by atoms with Crippen LogP contribution in [0, 0.1) is 5.82 Å². The zero-order chi connectivity index (χ0) is 21.2.